The summed E-state index contributed by atoms with van der Waals surface area (Å²) in [6, 6.07) is 10.4. The highest BCUT2D eigenvalue weighted by atomic mass is 32.2. The molecule has 0 bridgehead atoms. The second-order valence-electron chi connectivity index (χ2n) is 4.80. The van der Waals surface area contributed by atoms with Gasteiger partial charge in [-0.05, 0) is 36.6 Å². The van der Waals surface area contributed by atoms with E-state index in [9.17, 15) is 4.79 Å². The molecule has 0 unspecified atom stereocenters. The van der Waals surface area contributed by atoms with Gasteiger partial charge in [0.05, 0.1) is 0 Å². The molecule has 18 heavy (non-hydrogen) atoms. The van der Waals surface area contributed by atoms with E-state index in [-0.39, 0.29) is 5.91 Å². The summed E-state index contributed by atoms with van der Waals surface area (Å²) in [5.41, 5.74) is 0. The number of thioether (sulfide) groups is 1. The first-order chi connectivity index (χ1) is 8.68. The van der Waals surface area contributed by atoms with E-state index in [1.165, 1.54) is 4.90 Å². The third-order valence-electron chi connectivity index (χ3n) is 2.60. The largest absolute Gasteiger partial charge is 0.356 e. The Morgan fingerprint density at radius 3 is 2.67 bits per heavy atom. The predicted octanol–water partition coefficient (Wildman–Crippen LogP) is 3.72. The van der Waals surface area contributed by atoms with E-state index >= 15 is 0 Å². The van der Waals surface area contributed by atoms with Crippen LogP contribution >= 0.6 is 11.8 Å². The minimum Gasteiger partial charge on any atom is -0.356 e. The van der Waals surface area contributed by atoms with Gasteiger partial charge in [0.1, 0.15) is 0 Å². The van der Waals surface area contributed by atoms with Gasteiger partial charge in [0.2, 0.25) is 5.91 Å². The van der Waals surface area contributed by atoms with Crippen molar-refractivity contribution in [2.24, 2.45) is 5.92 Å². The van der Waals surface area contributed by atoms with Crippen LogP contribution in [0.15, 0.2) is 35.2 Å². The van der Waals surface area contributed by atoms with E-state index in [4.69, 9.17) is 0 Å². The lowest BCUT2D eigenvalue weighted by molar-refractivity contribution is -0.121. The summed E-state index contributed by atoms with van der Waals surface area (Å²) in [6.07, 6.45) is 2.65. The molecule has 0 saturated carbocycles. The zero-order valence-corrected chi connectivity index (χ0v) is 12.1. The van der Waals surface area contributed by atoms with Crippen molar-refractivity contribution < 1.29 is 4.79 Å². The molecule has 1 aromatic rings. The summed E-state index contributed by atoms with van der Waals surface area (Å²) in [5, 5.41) is 2.97. The topological polar surface area (TPSA) is 29.1 Å². The van der Waals surface area contributed by atoms with E-state index in [0.29, 0.717) is 12.3 Å². The van der Waals surface area contributed by atoms with E-state index < -0.39 is 0 Å². The lowest BCUT2D eigenvalue weighted by atomic mass is 10.1. The van der Waals surface area contributed by atoms with Crippen LogP contribution in [0.2, 0.25) is 0 Å². The normalized spacial score (nSPS) is 10.6. The predicted molar refractivity (Wildman–Crippen MR) is 78.9 cm³/mol. The molecule has 1 aromatic carbocycles. The molecule has 0 saturated heterocycles. The molecule has 0 aliphatic heterocycles. The van der Waals surface area contributed by atoms with E-state index in [1.54, 1.807) is 0 Å². The first-order valence-electron chi connectivity index (χ1n) is 6.63. The smallest absolute Gasteiger partial charge is 0.220 e. The van der Waals surface area contributed by atoms with Crippen molar-refractivity contribution in [2.75, 3.05) is 12.3 Å². The summed E-state index contributed by atoms with van der Waals surface area (Å²) < 4.78 is 0. The molecule has 0 aliphatic carbocycles. The molecule has 0 heterocycles. The monoisotopic (exact) mass is 265 g/mol. The first kappa shape index (κ1) is 15.1. The molecule has 3 heteroatoms. The molecule has 0 spiro atoms. The third kappa shape index (κ3) is 7.38. The molecule has 0 fully saturated rings. The lowest BCUT2D eigenvalue weighted by Gasteiger charge is -2.06. The van der Waals surface area contributed by atoms with Crippen LogP contribution in [0.3, 0.4) is 0 Å². The van der Waals surface area contributed by atoms with Crippen LogP contribution < -0.4 is 5.32 Å². The van der Waals surface area contributed by atoms with Crippen molar-refractivity contribution in [3.63, 3.8) is 0 Å². The molecule has 0 radical (unpaired) electrons. The van der Waals surface area contributed by atoms with Gasteiger partial charge in [-0.15, -0.1) is 11.8 Å². The van der Waals surface area contributed by atoms with Gasteiger partial charge in [0.25, 0.3) is 0 Å². The summed E-state index contributed by atoms with van der Waals surface area (Å²) in [5.74, 6) is 1.84. The number of rotatable bonds is 8. The Labute approximate surface area is 115 Å². The molecule has 2 nitrogen and oxygen atoms in total. The van der Waals surface area contributed by atoms with Gasteiger partial charge >= 0.3 is 0 Å². The Kier molecular flexibility index (Phi) is 7.58. The van der Waals surface area contributed by atoms with Gasteiger partial charge in [0, 0.05) is 17.9 Å². The van der Waals surface area contributed by atoms with E-state index in [2.05, 4.69) is 43.4 Å². The van der Waals surface area contributed by atoms with Crippen LogP contribution in [0.25, 0.3) is 0 Å². The summed E-state index contributed by atoms with van der Waals surface area (Å²) >= 11 is 1.84. The highest BCUT2D eigenvalue weighted by Gasteiger charge is 2.02. The zero-order valence-electron chi connectivity index (χ0n) is 11.3. The standard InChI is InChI=1S/C15H23NOS/c1-13(2)9-10-15(17)16-11-6-12-18-14-7-4-3-5-8-14/h3-5,7-8,13H,6,9-12H2,1-2H3,(H,16,17). The van der Waals surface area contributed by atoms with Gasteiger partial charge in [0.15, 0.2) is 0 Å². The van der Waals surface area contributed by atoms with Gasteiger partial charge in [-0.1, -0.05) is 32.0 Å². The van der Waals surface area contributed by atoms with Crippen molar-refractivity contribution in [1.29, 1.82) is 0 Å². The summed E-state index contributed by atoms with van der Waals surface area (Å²) in [7, 11) is 0. The minimum absolute atomic E-state index is 0.188. The van der Waals surface area contributed by atoms with Gasteiger partial charge in [-0.2, -0.15) is 0 Å². The van der Waals surface area contributed by atoms with Crippen molar-refractivity contribution >= 4 is 17.7 Å². The van der Waals surface area contributed by atoms with Gasteiger partial charge < -0.3 is 5.32 Å². The summed E-state index contributed by atoms with van der Waals surface area (Å²) in [6.45, 7) is 5.07. The average molecular weight is 265 g/mol. The van der Waals surface area contributed by atoms with Crippen molar-refractivity contribution in [1.82, 2.24) is 5.32 Å². The molecular weight excluding hydrogens is 242 g/mol. The van der Waals surface area contributed by atoms with Gasteiger partial charge in [-0.3, -0.25) is 4.79 Å². The lowest BCUT2D eigenvalue weighted by Crippen LogP contribution is -2.24. The molecule has 1 rings (SSSR count). The Morgan fingerprint density at radius 2 is 2.00 bits per heavy atom. The van der Waals surface area contributed by atoms with Crippen LogP contribution in [-0.2, 0) is 4.79 Å². The fourth-order valence-corrected chi connectivity index (χ4v) is 2.39. The Morgan fingerprint density at radius 1 is 1.28 bits per heavy atom. The van der Waals surface area contributed by atoms with Crippen LogP contribution in [0.1, 0.15) is 33.1 Å². The number of amides is 1. The van der Waals surface area contributed by atoms with E-state index in [0.717, 1.165) is 25.1 Å². The number of carbonyl (C=O) groups excluding carboxylic acids is 1. The van der Waals surface area contributed by atoms with Gasteiger partial charge in [-0.25, -0.2) is 0 Å². The van der Waals surface area contributed by atoms with Crippen LogP contribution in [0.5, 0.6) is 0 Å². The maximum atomic E-state index is 11.5. The number of hydrogen-bond acceptors (Lipinski definition) is 2. The van der Waals surface area contributed by atoms with Crippen LogP contribution in [0.4, 0.5) is 0 Å². The number of hydrogen-bond donors (Lipinski definition) is 1. The fourth-order valence-electron chi connectivity index (χ4n) is 1.51. The Balaban J connectivity index is 2.00. The molecule has 0 aromatic heterocycles. The molecule has 1 N–H and O–H groups in total. The quantitative estimate of drug-likeness (QED) is 0.573. The third-order valence-corrected chi connectivity index (χ3v) is 3.70. The maximum Gasteiger partial charge on any atom is 0.220 e. The van der Waals surface area contributed by atoms with Crippen molar-refractivity contribution in [2.45, 2.75) is 38.0 Å². The Hall–Kier alpha value is -0.960. The SMILES string of the molecule is CC(C)CCC(=O)NCCCSc1ccccc1. The van der Waals surface area contributed by atoms with Crippen LogP contribution in [-0.4, -0.2) is 18.2 Å². The zero-order chi connectivity index (χ0) is 13.2. The maximum absolute atomic E-state index is 11.5. The highest BCUT2D eigenvalue weighted by Crippen LogP contribution is 2.17. The second-order valence-corrected chi connectivity index (χ2v) is 5.97. The van der Waals surface area contributed by atoms with Crippen LogP contribution in [0, 0.1) is 5.92 Å². The molecular formula is C15H23NOS. The average Bonchev–Trinajstić information content (AvgIpc) is 2.37. The van der Waals surface area contributed by atoms with E-state index in [1.807, 2.05) is 17.8 Å². The molecule has 0 aliphatic rings. The van der Waals surface area contributed by atoms with Crippen molar-refractivity contribution in [3.05, 3.63) is 30.3 Å². The minimum atomic E-state index is 0.188. The number of carbonyl (C=O) groups is 1. The Bertz CT molecular complexity index is 338. The number of benzene rings is 1. The fraction of sp³-hybridized carbons (Fsp3) is 0.533. The molecule has 1 amide bonds. The summed E-state index contributed by atoms with van der Waals surface area (Å²) in [4.78, 5) is 12.8. The first-order valence-corrected chi connectivity index (χ1v) is 7.61. The van der Waals surface area contributed by atoms with Crippen molar-refractivity contribution in [3.8, 4) is 0 Å². The highest BCUT2D eigenvalue weighted by molar-refractivity contribution is 7.99. The molecule has 100 valence electrons. The number of nitrogens with one attached hydrogen (secondary N) is 1. The second kappa shape index (κ2) is 9.03. The molecule has 0 atom stereocenters.